The van der Waals surface area contributed by atoms with Crippen LogP contribution in [0.25, 0.3) is 0 Å². The summed E-state index contributed by atoms with van der Waals surface area (Å²) >= 11 is 0. The van der Waals surface area contributed by atoms with Gasteiger partial charge in [-0.2, -0.15) is 0 Å². The molecule has 0 aliphatic heterocycles. The average Bonchev–Trinajstić information content (AvgIpc) is 2.37. The lowest BCUT2D eigenvalue weighted by Gasteiger charge is -2.35. The van der Waals surface area contributed by atoms with E-state index in [1.807, 2.05) is 0 Å². The quantitative estimate of drug-likeness (QED) is 0.646. The van der Waals surface area contributed by atoms with Crippen LogP contribution in [-0.4, -0.2) is 36.8 Å². The second kappa shape index (κ2) is 7.74. The van der Waals surface area contributed by atoms with Crippen molar-refractivity contribution >= 4 is 5.91 Å². The van der Waals surface area contributed by atoms with Gasteiger partial charge in [-0.15, -0.1) is 0 Å². The molecule has 0 atom stereocenters. The van der Waals surface area contributed by atoms with Crippen molar-refractivity contribution in [2.24, 2.45) is 5.41 Å². The number of carbonyl (C=O) groups excluding carboxylic acids is 1. The maximum Gasteiger partial charge on any atom is 0.221 e. The van der Waals surface area contributed by atoms with E-state index in [0.29, 0.717) is 19.0 Å². The Morgan fingerprint density at radius 2 is 1.94 bits per heavy atom. The monoisotopic (exact) mass is 256 g/mol. The van der Waals surface area contributed by atoms with E-state index in [9.17, 15) is 9.90 Å². The summed E-state index contributed by atoms with van der Waals surface area (Å²) < 4.78 is 0. The molecular weight excluding hydrogens is 228 g/mol. The molecule has 0 heterocycles. The number of carbonyl (C=O) groups is 1. The minimum Gasteiger partial charge on any atom is -0.396 e. The van der Waals surface area contributed by atoms with Crippen LogP contribution in [0.2, 0.25) is 0 Å². The van der Waals surface area contributed by atoms with Crippen LogP contribution in [0.1, 0.15) is 52.4 Å². The third-order valence-corrected chi connectivity index (χ3v) is 3.81. The van der Waals surface area contributed by atoms with Crippen LogP contribution in [0.3, 0.4) is 0 Å². The number of amides is 1. The second-order valence-corrected chi connectivity index (χ2v) is 5.85. The lowest BCUT2D eigenvalue weighted by Crippen LogP contribution is -2.42. The lowest BCUT2D eigenvalue weighted by atomic mass is 9.74. The second-order valence-electron chi connectivity index (χ2n) is 5.85. The van der Waals surface area contributed by atoms with E-state index in [4.69, 9.17) is 0 Å². The van der Waals surface area contributed by atoms with Gasteiger partial charge in [0.15, 0.2) is 0 Å². The third kappa shape index (κ3) is 5.36. The molecule has 0 spiro atoms. The Morgan fingerprint density at radius 3 is 2.50 bits per heavy atom. The summed E-state index contributed by atoms with van der Waals surface area (Å²) in [5.74, 6) is 0.0848. The molecule has 106 valence electrons. The van der Waals surface area contributed by atoms with Crippen LogP contribution in [0.15, 0.2) is 0 Å². The zero-order valence-corrected chi connectivity index (χ0v) is 11.8. The van der Waals surface area contributed by atoms with Crippen molar-refractivity contribution in [1.82, 2.24) is 10.6 Å². The smallest absolute Gasteiger partial charge is 0.221 e. The number of rotatable bonds is 7. The van der Waals surface area contributed by atoms with Gasteiger partial charge in [0.1, 0.15) is 0 Å². The fraction of sp³-hybridized carbons (Fsp3) is 0.929. The summed E-state index contributed by atoms with van der Waals surface area (Å²) in [6, 6.07) is 0.417. The normalized spacial score (nSPS) is 18.9. The molecule has 0 unspecified atom stereocenters. The van der Waals surface area contributed by atoms with E-state index < -0.39 is 0 Å². The fourth-order valence-electron chi connectivity index (χ4n) is 2.54. The minimum atomic E-state index is -0.0562. The van der Waals surface area contributed by atoms with Crippen molar-refractivity contribution in [3.63, 3.8) is 0 Å². The van der Waals surface area contributed by atoms with E-state index in [1.54, 1.807) is 0 Å². The van der Waals surface area contributed by atoms with Crippen molar-refractivity contribution in [3.05, 3.63) is 0 Å². The number of aliphatic hydroxyl groups is 1. The standard InChI is InChI=1S/C14H28N2O2/c1-12(2)15-9-6-13(18)16-10-14(11-17)7-4-3-5-8-14/h12,15,17H,3-11H2,1-2H3,(H,16,18). The van der Waals surface area contributed by atoms with Crippen LogP contribution < -0.4 is 10.6 Å². The van der Waals surface area contributed by atoms with Crippen LogP contribution in [0.5, 0.6) is 0 Å². The van der Waals surface area contributed by atoms with Crippen LogP contribution in [0, 0.1) is 5.41 Å². The molecule has 4 nitrogen and oxygen atoms in total. The van der Waals surface area contributed by atoms with Crippen molar-refractivity contribution in [3.8, 4) is 0 Å². The van der Waals surface area contributed by atoms with E-state index in [1.165, 1.54) is 19.3 Å². The predicted octanol–water partition coefficient (Wildman–Crippen LogP) is 1.43. The van der Waals surface area contributed by atoms with Crippen molar-refractivity contribution < 1.29 is 9.90 Å². The molecule has 0 bridgehead atoms. The largest absolute Gasteiger partial charge is 0.396 e. The highest BCUT2D eigenvalue weighted by Crippen LogP contribution is 2.35. The van der Waals surface area contributed by atoms with Gasteiger partial charge < -0.3 is 15.7 Å². The Bertz CT molecular complexity index is 248. The molecular formula is C14H28N2O2. The average molecular weight is 256 g/mol. The maximum atomic E-state index is 11.7. The molecule has 0 aromatic rings. The van der Waals surface area contributed by atoms with E-state index in [2.05, 4.69) is 24.5 Å². The highest BCUT2D eigenvalue weighted by molar-refractivity contribution is 5.76. The van der Waals surface area contributed by atoms with Gasteiger partial charge in [-0.3, -0.25) is 4.79 Å². The van der Waals surface area contributed by atoms with E-state index in [-0.39, 0.29) is 17.9 Å². The first-order chi connectivity index (χ1) is 8.58. The van der Waals surface area contributed by atoms with E-state index in [0.717, 1.165) is 19.4 Å². The van der Waals surface area contributed by atoms with Gasteiger partial charge >= 0.3 is 0 Å². The van der Waals surface area contributed by atoms with Gasteiger partial charge in [-0.1, -0.05) is 33.1 Å². The highest BCUT2D eigenvalue weighted by atomic mass is 16.3. The van der Waals surface area contributed by atoms with E-state index >= 15 is 0 Å². The van der Waals surface area contributed by atoms with Gasteiger partial charge in [0, 0.05) is 31.0 Å². The molecule has 1 saturated carbocycles. The van der Waals surface area contributed by atoms with Crippen molar-refractivity contribution in [2.75, 3.05) is 19.7 Å². The summed E-state index contributed by atoms with van der Waals surface area (Å²) in [6.07, 6.45) is 6.19. The Balaban J connectivity index is 2.23. The minimum absolute atomic E-state index is 0.0562. The van der Waals surface area contributed by atoms with Crippen molar-refractivity contribution in [1.29, 1.82) is 0 Å². The number of hydrogen-bond donors (Lipinski definition) is 3. The summed E-state index contributed by atoms with van der Waals surface area (Å²) in [4.78, 5) is 11.7. The summed E-state index contributed by atoms with van der Waals surface area (Å²) in [6.45, 7) is 5.68. The fourth-order valence-corrected chi connectivity index (χ4v) is 2.54. The third-order valence-electron chi connectivity index (χ3n) is 3.81. The highest BCUT2D eigenvalue weighted by Gasteiger charge is 2.31. The molecule has 18 heavy (non-hydrogen) atoms. The summed E-state index contributed by atoms with van der Waals surface area (Å²) in [7, 11) is 0. The molecule has 1 aliphatic carbocycles. The molecule has 1 rings (SSSR count). The topological polar surface area (TPSA) is 61.4 Å². The predicted molar refractivity (Wildman–Crippen MR) is 73.4 cm³/mol. The van der Waals surface area contributed by atoms with Gasteiger partial charge in [0.25, 0.3) is 0 Å². The molecule has 0 aromatic heterocycles. The van der Waals surface area contributed by atoms with Gasteiger partial charge in [-0.05, 0) is 12.8 Å². The Kier molecular flexibility index (Phi) is 6.65. The Labute approximate surface area is 111 Å². The molecule has 0 aromatic carbocycles. The Morgan fingerprint density at radius 1 is 1.28 bits per heavy atom. The molecule has 4 heteroatoms. The van der Waals surface area contributed by atoms with Gasteiger partial charge in [0.05, 0.1) is 6.61 Å². The number of hydrogen-bond acceptors (Lipinski definition) is 3. The number of aliphatic hydroxyl groups excluding tert-OH is 1. The molecule has 3 N–H and O–H groups in total. The first-order valence-corrected chi connectivity index (χ1v) is 7.19. The Hall–Kier alpha value is -0.610. The first-order valence-electron chi connectivity index (χ1n) is 7.19. The molecule has 1 amide bonds. The maximum absolute atomic E-state index is 11.7. The first kappa shape index (κ1) is 15.4. The van der Waals surface area contributed by atoms with Crippen molar-refractivity contribution in [2.45, 2.75) is 58.4 Å². The van der Waals surface area contributed by atoms with Crippen LogP contribution >= 0.6 is 0 Å². The molecule has 1 aliphatic rings. The molecule has 0 radical (unpaired) electrons. The van der Waals surface area contributed by atoms with Gasteiger partial charge in [0.2, 0.25) is 5.91 Å². The number of nitrogens with one attached hydrogen (secondary N) is 2. The van der Waals surface area contributed by atoms with Crippen LogP contribution in [-0.2, 0) is 4.79 Å². The van der Waals surface area contributed by atoms with Gasteiger partial charge in [-0.25, -0.2) is 0 Å². The zero-order valence-electron chi connectivity index (χ0n) is 11.8. The summed E-state index contributed by atoms with van der Waals surface area (Å²) in [5.41, 5.74) is -0.0562. The molecule has 1 fully saturated rings. The SMILES string of the molecule is CC(C)NCCC(=O)NCC1(CO)CCCCC1. The summed E-state index contributed by atoms with van der Waals surface area (Å²) in [5, 5.41) is 15.7. The molecule has 0 saturated heterocycles. The van der Waals surface area contributed by atoms with Crippen LogP contribution in [0.4, 0.5) is 0 Å². The lowest BCUT2D eigenvalue weighted by molar-refractivity contribution is -0.121. The zero-order chi connectivity index (χ0) is 13.4.